The minimum absolute atomic E-state index is 0.108. The van der Waals surface area contributed by atoms with Gasteiger partial charge in [-0.2, -0.15) is 0 Å². The molecule has 1 aromatic carbocycles. The fourth-order valence-corrected chi connectivity index (χ4v) is 3.19. The average Bonchev–Trinajstić information content (AvgIpc) is 2.57. The van der Waals surface area contributed by atoms with Crippen molar-refractivity contribution < 1.29 is 18.1 Å². The van der Waals surface area contributed by atoms with E-state index in [1.54, 1.807) is 0 Å². The van der Waals surface area contributed by atoms with Gasteiger partial charge in [0.2, 0.25) is 10.0 Å². The van der Waals surface area contributed by atoms with Gasteiger partial charge in [0, 0.05) is 38.8 Å². The highest BCUT2D eigenvalue weighted by atomic mass is 32.2. The van der Waals surface area contributed by atoms with E-state index in [1.165, 1.54) is 12.1 Å². The highest BCUT2D eigenvalue weighted by Gasteiger charge is 2.23. The normalized spacial score (nSPS) is 18.8. The van der Waals surface area contributed by atoms with Crippen LogP contribution in [0.2, 0.25) is 0 Å². The van der Waals surface area contributed by atoms with Crippen molar-refractivity contribution in [2.45, 2.75) is 11.0 Å². The summed E-state index contributed by atoms with van der Waals surface area (Å²) in [6.45, 7) is 4.44. The Balaban J connectivity index is 2.01. The molecule has 2 rings (SSSR count). The molecule has 1 saturated heterocycles. The molecule has 11 heteroatoms. The minimum Gasteiger partial charge on any atom is -0.377 e. The first-order valence-electron chi connectivity index (χ1n) is 8.20. The first-order chi connectivity index (χ1) is 12.2. The van der Waals surface area contributed by atoms with Crippen molar-refractivity contribution in [2.24, 2.45) is 5.14 Å². The van der Waals surface area contributed by atoms with Crippen LogP contribution in [0.3, 0.4) is 0 Å². The van der Waals surface area contributed by atoms with Crippen LogP contribution in [0.1, 0.15) is 0 Å². The van der Waals surface area contributed by atoms with E-state index in [0.717, 1.165) is 32.2 Å². The third kappa shape index (κ3) is 5.88. The molecular weight excluding hydrogens is 362 g/mol. The molecule has 26 heavy (non-hydrogen) atoms. The molecular formula is C15H25N5O5S. The molecule has 0 saturated carbocycles. The third-order valence-corrected chi connectivity index (χ3v) is 5.01. The Bertz CT molecular complexity index is 740. The molecule has 146 valence electrons. The van der Waals surface area contributed by atoms with Gasteiger partial charge in [0.05, 0.1) is 22.5 Å². The largest absolute Gasteiger partial charge is 0.377 e. The zero-order valence-electron chi connectivity index (χ0n) is 14.9. The number of anilines is 1. The maximum Gasteiger partial charge on any atom is 0.293 e. The summed E-state index contributed by atoms with van der Waals surface area (Å²) in [5, 5.41) is 19.3. The second-order valence-electron chi connectivity index (χ2n) is 6.46. The van der Waals surface area contributed by atoms with Crippen molar-refractivity contribution in [3.8, 4) is 0 Å². The number of nitro groups is 1. The van der Waals surface area contributed by atoms with Gasteiger partial charge in [-0.05, 0) is 26.2 Å². The molecule has 1 unspecified atom stereocenters. The van der Waals surface area contributed by atoms with E-state index in [9.17, 15) is 18.5 Å². The van der Waals surface area contributed by atoms with Gasteiger partial charge in [-0.3, -0.25) is 15.0 Å². The van der Waals surface area contributed by atoms with E-state index in [0.29, 0.717) is 13.2 Å². The molecule has 1 atom stereocenters. The van der Waals surface area contributed by atoms with E-state index in [4.69, 9.17) is 9.88 Å². The Morgan fingerprint density at radius 3 is 2.81 bits per heavy atom. The topological polar surface area (TPSA) is 131 Å². The second kappa shape index (κ2) is 8.73. The number of hydrogen-bond acceptors (Lipinski definition) is 8. The van der Waals surface area contributed by atoms with Crippen molar-refractivity contribution in [1.29, 1.82) is 0 Å². The van der Waals surface area contributed by atoms with E-state index >= 15 is 0 Å². The summed E-state index contributed by atoms with van der Waals surface area (Å²) >= 11 is 0. The van der Waals surface area contributed by atoms with Crippen LogP contribution in [0.4, 0.5) is 11.4 Å². The van der Waals surface area contributed by atoms with Gasteiger partial charge < -0.3 is 15.0 Å². The lowest BCUT2D eigenvalue weighted by atomic mass is 10.2. The van der Waals surface area contributed by atoms with Crippen LogP contribution in [0.15, 0.2) is 23.1 Å². The lowest BCUT2D eigenvalue weighted by molar-refractivity contribution is -0.384. The smallest absolute Gasteiger partial charge is 0.293 e. The zero-order chi connectivity index (χ0) is 19.3. The van der Waals surface area contributed by atoms with E-state index in [2.05, 4.69) is 15.1 Å². The number of rotatable bonds is 8. The van der Waals surface area contributed by atoms with E-state index in [-0.39, 0.29) is 22.4 Å². The molecule has 0 bridgehead atoms. The predicted octanol–water partition coefficient (Wildman–Crippen LogP) is -0.0835. The van der Waals surface area contributed by atoms with Crippen molar-refractivity contribution in [3.63, 3.8) is 0 Å². The van der Waals surface area contributed by atoms with Crippen LogP contribution in [0, 0.1) is 10.1 Å². The lowest BCUT2D eigenvalue weighted by Crippen LogP contribution is -2.47. The first kappa shape index (κ1) is 20.5. The zero-order valence-corrected chi connectivity index (χ0v) is 15.7. The standard InChI is InChI=1S/C15H25N5O5S/c1-18(2)5-6-19-7-8-25-12(11-19)10-17-14-4-3-13(26(16,23)24)9-15(14)20(21)22/h3-4,9,12,17H,5-8,10-11H2,1-2H3,(H2,16,23,24). The number of sulfonamides is 1. The Kier molecular flexibility index (Phi) is 6.89. The van der Waals surface area contributed by atoms with Crippen molar-refractivity contribution in [3.05, 3.63) is 28.3 Å². The Morgan fingerprint density at radius 2 is 2.19 bits per heavy atom. The van der Waals surface area contributed by atoms with Gasteiger partial charge in [-0.1, -0.05) is 0 Å². The predicted molar refractivity (Wildman–Crippen MR) is 97.7 cm³/mol. The molecule has 1 fully saturated rings. The SMILES string of the molecule is CN(C)CCN1CCOC(CNc2ccc(S(N)(=O)=O)cc2[N+](=O)[O-])C1. The number of ether oxygens (including phenoxy) is 1. The molecule has 0 spiro atoms. The highest BCUT2D eigenvalue weighted by Crippen LogP contribution is 2.27. The molecule has 1 aliphatic heterocycles. The van der Waals surface area contributed by atoms with Crippen LogP contribution >= 0.6 is 0 Å². The number of primary sulfonamides is 1. The number of morpholine rings is 1. The van der Waals surface area contributed by atoms with E-state index < -0.39 is 14.9 Å². The number of nitrogens with two attached hydrogens (primary N) is 1. The van der Waals surface area contributed by atoms with Crippen molar-refractivity contribution in [1.82, 2.24) is 9.80 Å². The summed E-state index contributed by atoms with van der Waals surface area (Å²) in [4.78, 5) is 14.7. The van der Waals surface area contributed by atoms with Gasteiger partial charge in [0.15, 0.2) is 0 Å². The minimum atomic E-state index is -4.00. The molecule has 10 nitrogen and oxygen atoms in total. The summed E-state index contributed by atoms with van der Waals surface area (Å²) in [5.74, 6) is 0. The maximum absolute atomic E-state index is 11.4. The van der Waals surface area contributed by atoms with Gasteiger partial charge in [-0.15, -0.1) is 0 Å². The first-order valence-corrected chi connectivity index (χ1v) is 9.75. The highest BCUT2D eigenvalue weighted by molar-refractivity contribution is 7.89. The van der Waals surface area contributed by atoms with Crippen LogP contribution in [0.25, 0.3) is 0 Å². The quantitative estimate of drug-likeness (QED) is 0.468. The molecule has 0 aromatic heterocycles. The van der Waals surface area contributed by atoms with Gasteiger partial charge in [0.25, 0.3) is 5.69 Å². The Labute approximate surface area is 153 Å². The average molecular weight is 387 g/mol. The Hall–Kier alpha value is -1.79. The molecule has 1 aromatic rings. The molecule has 0 radical (unpaired) electrons. The van der Waals surface area contributed by atoms with Crippen LogP contribution in [-0.4, -0.2) is 82.7 Å². The molecule has 3 N–H and O–H groups in total. The van der Waals surface area contributed by atoms with Crippen LogP contribution in [-0.2, 0) is 14.8 Å². The van der Waals surface area contributed by atoms with Gasteiger partial charge >= 0.3 is 0 Å². The fraction of sp³-hybridized carbons (Fsp3) is 0.600. The van der Waals surface area contributed by atoms with Crippen LogP contribution in [0.5, 0.6) is 0 Å². The van der Waals surface area contributed by atoms with E-state index in [1.807, 2.05) is 14.1 Å². The summed E-state index contributed by atoms with van der Waals surface area (Å²) in [7, 11) is 0.0361. The van der Waals surface area contributed by atoms with Crippen molar-refractivity contribution in [2.75, 3.05) is 58.7 Å². The maximum atomic E-state index is 11.4. The monoisotopic (exact) mass is 387 g/mol. The molecule has 1 heterocycles. The van der Waals surface area contributed by atoms with Crippen LogP contribution < -0.4 is 10.5 Å². The number of nitro benzene ring substituents is 1. The lowest BCUT2D eigenvalue weighted by Gasteiger charge is -2.33. The van der Waals surface area contributed by atoms with Gasteiger partial charge in [-0.25, -0.2) is 13.6 Å². The number of likely N-dealkylation sites (N-methyl/N-ethyl adjacent to an activating group) is 1. The number of nitrogens with one attached hydrogen (secondary N) is 1. The Morgan fingerprint density at radius 1 is 1.46 bits per heavy atom. The van der Waals surface area contributed by atoms with Gasteiger partial charge in [0.1, 0.15) is 5.69 Å². The summed E-state index contributed by atoms with van der Waals surface area (Å²) < 4.78 is 28.5. The number of nitrogens with zero attached hydrogens (tertiary/aromatic N) is 3. The molecule has 0 amide bonds. The second-order valence-corrected chi connectivity index (χ2v) is 8.02. The summed E-state index contributed by atoms with van der Waals surface area (Å²) in [5.41, 5.74) is -0.104. The summed E-state index contributed by atoms with van der Waals surface area (Å²) in [6, 6.07) is 3.56. The summed E-state index contributed by atoms with van der Waals surface area (Å²) in [6.07, 6.45) is -0.108. The molecule has 0 aliphatic carbocycles. The fourth-order valence-electron chi connectivity index (χ4n) is 2.66. The number of benzene rings is 1. The molecule has 1 aliphatic rings. The van der Waals surface area contributed by atoms with Crippen molar-refractivity contribution >= 4 is 21.4 Å². The third-order valence-electron chi connectivity index (χ3n) is 4.10. The number of hydrogen-bond donors (Lipinski definition) is 2.